The van der Waals surface area contributed by atoms with Crippen LogP contribution in [0.4, 0.5) is 21.8 Å². The summed E-state index contributed by atoms with van der Waals surface area (Å²) in [7, 11) is 1.51. The van der Waals surface area contributed by atoms with Crippen LogP contribution in [0.1, 0.15) is 92.2 Å². The number of alkyl halides is 1. The van der Waals surface area contributed by atoms with E-state index in [4.69, 9.17) is 26.1 Å². The van der Waals surface area contributed by atoms with E-state index in [1.165, 1.54) is 11.9 Å². The van der Waals surface area contributed by atoms with Crippen molar-refractivity contribution in [3.63, 3.8) is 0 Å². The molecule has 3 saturated heterocycles. The SMILES string of the molecule is CNC(=O)COc1cc2cc(Nc3nc(N4CCC(O[C@H]5C[C@H](N6CC[C@H](c7ccc8c(c7)C(=O)N(C7CCC(=O)NC7=O)C8)[C@H](F)C6)C5)CC4)ncc3Cl)ccc2n(C(C)C)c1=O. The zero-order chi connectivity index (χ0) is 44.8. The van der Waals surface area contributed by atoms with Crippen LogP contribution in [0.3, 0.4) is 0 Å². The van der Waals surface area contributed by atoms with Gasteiger partial charge >= 0.3 is 0 Å². The fourth-order valence-corrected chi connectivity index (χ4v) is 9.95. The Balaban J connectivity index is 0.750. The lowest BCUT2D eigenvalue weighted by Gasteiger charge is -2.47. The second-order valence-corrected chi connectivity index (χ2v) is 18.2. The first kappa shape index (κ1) is 43.6. The molecule has 0 spiro atoms. The van der Waals surface area contributed by atoms with Gasteiger partial charge in [-0.3, -0.25) is 34.2 Å². The van der Waals surface area contributed by atoms with Gasteiger partial charge in [0.1, 0.15) is 17.2 Å². The smallest absolute Gasteiger partial charge is 0.293 e. The maximum atomic E-state index is 15.9. The molecule has 5 aliphatic rings. The Morgan fingerprint density at radius 3 is 2.53 bits per heavy atom. The van der Waals surface area contributed by atoms with Crippen molar-refractivity contribution < 1.29 is 33.0 Å². The largest absolute Gasteiger partial charge is 0.478 e. The summed E-state index contributed by atoms with van der Waals surface area (Å²) in [5, 5.41) is 9.24. The molecule has 64 heavy (non-hydrogen) atoms. The molecule has 0 bridgehead atoms. The molecule has 9 rings (SSSR count). The second kappa shape index (κ2) is 18.1. The molecule has 1 aliphatic carbocycles. The number of benzene rings is 2. The Hall–Kier alpha value is -5.65. The quantitative estimate of drug-likeness (QED) is 0.162. The average Bonchev–Trinajstić information content (AvgIpc) is 3.59. The Labute approximate surface area is 374 Å². The molecule has 1 unspecified atom stereocenters. The summed E-state index contributed by atoms with van der Waals surface area (Å²) in [6.07, 6.45) is 5.26. The number of halogens is 2. The number of pyridine rings is 1. The molecule has 16 nitrogen and oxygen atoms in total. The fourth-order valence-electron chi connectivity index (χ4n) is 9.81. The van der Waals surface area contributed by atoms with Crippen LogP contribution in [-0.2, 0) is 25.7 Å². The molecule has 4 aromatic rings. The number of rotatable bonds is 12. The van der Waals surface area contributed by atoms with E-state index < -0.39 is 18.1 Å². The monoisotopic (exact) mass is 897 g/mol. The summed E-state index contributed by atoms with van der Waals surface area (Å²) in [5.41, 5.74) is 3.26. The number of amides is 4. The van der Waals surface area contributed by atoms with Gasteiger partial charge in [-0.25, -0.2) is 9.37 Å². The summed E-state index contributed by atoms with van der Waals surface area (Å²) in [4.78, 5) is 77.8. The van der Waals surface area contributed by atoms with Crippen molar-refractivity contribution in [3.05, 3.63) is 80.7 Å². The lowest BCUT2D eigenvalue weighted by atomic mass is 9.82. The molecular weight excluding hydrogens is 845 g/mol. The lowest BCUT2D eigenvalue weighted by Crippen LogP contribution is -2.54. The zero-order valence-electron chi connectivity index (χ0n) is 36.1. The number of imide groups is 1. The van der Waals surface area contributed by atoms with Gasteiger partial charge < -0.3 is 34.5 Å². The highest BCUT2D eigenvalue weighted by Crippen LogP contribution is 2.39. The van der Waals surface area contributed by atoms with Crippen LogP contribution in [0.15, 0.2) is 53.5 Å². The number of fused-ring (bicyclic) bond motifs is 2. The summed E-state index contributed by atoms with van der Waals surface area (Å²) in [6.45, 7) is 6.39. The van der Waals surface area contributed by atoms with Crippen LogP contribution in [0.2, 0.25) is 5.02 Å². The predicted molar refractivity (Wildman–Crippen MR) is 238 cm³/mol. The molecule has 4 amide bonds. The van der Waals surface area contributed by atoms with Gasteiger partial charge in [0.15, 0.2) is 18.2 Å². The van der Waals surface area contributed by atoms with Gasteiger partial charge in [0.2, 0.25) is 17.8 Å². The number of likely N-dealkylation sites (tertiary alicyclic amines) is 1. The topological polar surface area (TPSA) is 180 Å². The van der Waals surface area contributed by atoms with E-state index >= 15 is 4.39 Å². The van der Waals surface area contributed by atoms with Crippen LogP contribution in [0, 0.1) is 0 Å². The number of piperidine rings is 3. The minimum absolute atomic E-state index is 0.0809. The number of nitrogens with zero attached hydrogens (tertiary/aromatic N) is 6. The van der Waals surface area contributed by atoms with Crippen molar-refractivity contribution in [2.24, 2.45) is 0 Å². The maximum Gasteiger partial charge on any atom is 0.293 e. The van der Waals surface area contributed by atoms with Crippen molar-refractivity contribution >= 4 is 63.6 Å². The molecular formula is C46H53ClFN9O7. The van der Waals surface area contributed by atoms with Gasteiger partial charge in [0.25, 0.3) is 17.4 Å². The number of hydrogen-bond donors (Lipinski definition) is 3. The molecule has 18 heteroatoms. The van der Waals surface area contributed by atoms with Crippen LogP contribution in [-0.4, -0.2) is 118 Å². The van der Waals surface area contributed by atoms with E-state index in [2.05, 4.69) is 30.7 Å². The van der Waals surface area contributed by atoms with Crippen LogP contribution < -0.4 is 31.1 Å². The van der Waals surface area contributed by atoms with E-state index in [0.29, 0.717) is 67.1 Å². The lowest BCUT2D eigenvalue weighted by molar-refractivity contribution is -0.137. The number of ether oxygens (including phenoxy) is 2. The number of hydrogen-bond acceptors (Lipinski definition) is 12. The number of nitrogens with one attached hydrogen (secondary N) is 3. The first-order chi connectivity index (χ1) is 30.8. The molecule has 1 saturated carbocycles. The predicted octanol–water partition coefficient (Wildman–Crippen LogP) is 5.00. The highest BCUT2D eigenvalue weighted by Gasteiger charge is 2.43. The van der Waals surface area contributed by atoms with E-state index in [9.17, 15) is 24.0 Å². The van der Waals surface area contributed by atoms with E-state index in [-0.39, 0.29) is 72.3 Å². The Kier molecular flexibility index (Phi) is 12.3. The van der Waals surface area contributed by atoms with Crippen molar-refractivity contribution in [2.45, 2.75) is 108 Å². The summed E-state index contributed by atoms with van der Waals surface area (Å²) >= 11 is 6.59. The summed E-state index contributed by atoms with van der Waals surface area (Å²) < 4.78 is 29.7. The molecule has 6 heterocycles. The number of anilines is 3. The van der Waals surface area contributed by atoms with E-state index in [1.54, 1.807) is 16.8 Å². The number of carbonyl (C=O) groups is 4. The van der Waals surface area contributed by atoms with Crippen molar-refractivity contribution in [3.8, 4) is 5.75 Å². The van der Waals surface area contributed by atoms with Crippen LogP contribution in [0.25, 0.3) is 10.9 Å². The van der Waals surface area contributed by atoms with Gasteiger partial charge in [-0.2, -0.15) is 4.98 Å². The van der Waals surface area contributed by atoms with E-state index in [0.717, 1.165) is 54.3 Å². The second-order valence-electron chi connectivity index (χ2n) is 17.8. The van der Waals surface area contributed by atoms with Crippen LogP contribution in [0.5, 0.6) is 5.75 Å². The van der Waals surface area contributed by atoms with Gasteiger partial charge in [0.05, 0.1) is 23.9 Å². The molecule has 338 valence electrons. The standard InChI is InChI=1S/C46H53ClFN9O7/c1-25(2)57-37-7-6-29(16-28(37)18-39(45(57)62)63-24-41(59)49-3)51-42-35(47)21-50-46(53-42)54-13-10-31(11-14-54)64-32-19-30(20-32)55-15-12-33(36(48)23-55)26-4-5-27-22-56(44(61)34(27)17-26)38-8-9-40(58)52-43(38)60/h4-7,16-18,21,25,30-33,36,38H,8-15,19-20,22-24H2,1-3H3,(H,49,59)(H,50,51,53)(H,52,58,60)/t30-,32-,33-,36-,38?/m1/s1. The Bertz CT molecular complexity index is 2540. The van der Waals surface area contributed by atoms with Crippen molar-refractivity contribution in [1.82, 2.24) is 35.0 Å². The third-order valence-corrected chi connectivity index (χ3v) is 13.7. The number of likely N-dealkylation sites (N-methyl/N-ethyl adjacent to an activating group) is 1. The molecule has 2 aromatic heterocycles. The van der Waals surface area contributed by atoms with E-state index in [1.807, 2.05) is 50.2 Å². The van der Waals surface area contributed by atoms with Crippen molar-refractivity contribution in [2.75, 3.05) is 50.1 Å². The molecule has 2 aromatic carbocycles. The van der Waals surface area contributed by atoms with Gasteiger partial charge in [0, 0.05) is 74.3 Å². The first-order valence-corrected chi connectivity index (χ1v) is 22.6. The highest BCUT2D eigenvalue weighted by atomic mass is 35.5. The number of carbonyl (C=O) groups excluding carboxylic acids is 4. The minimum atomic E-state index is -1.07. The molecule has 3 N–H and O–H groups in total. The molecule has 4 fully saturated rings. The van der Waals surface area contributed by atoms with Gasteiger partial charge in [-0.15, -0.1) is 0 Å². The third-order valence-electron chi connectivity index (χ3n) is 13.4. The summed E-state index contributed by atoms with van der Waals surface area (Å²) in [6, 6.07) is 12.3. The average molecular weight is 898 g/mol. The Morgan fingerprint density at radius 2 is 1.80 bits per heavy atom. The maximum absolute atomic E-state index is 15.9. The third kappa shape index (κ3) is 8.76. The minimum Gasteiger partial charge on any atom is -0.478 e. The van der Waals surface area contributed by atoms with Crippen molar-refractivity contribution in [1.29, 1.82) is 0 Å². The highest BCUT2D eigenvalue weighted by molar-refractivity contribution is 6.33. The Morgan fingerprint density at radius 1 is 1.00 bits per heavy atom. The fraction of sp³-hybridized carbons (Fsp3) is 0.500. The molecule has 4 aliphatic heterocycles. The number of aromatic nitrogens is 3. The van der Waals surface area contributed by atoms with Gasteiger partial charge in [-0.05, 0) is 100 Å². The van der Waals surface area contributed by atoms with Gasteiger partial charge in [-0.1, -0.05) is 23.7 Å². The molecule has 0 radical (unpaired) electrons. The molecule has 3 atom stereocenters. The first-order valence-electron chi connectivity index (χ1n) is 22.2. The van der Waals surface area contributed by atoms with Crippen LogP contribution >= 0.6 is 11.6 Å². The zero-order valence-corrected chi connectivity index (χ0v) is 36.9. The normalized spacial score (nSPS) is 24.2. The summed E-state index contributed by atoms with van der Waals surface area (Å²) in [5.74, 6) is -0.578.